The van der Waals surface area contributed by atoms with Crippen molar-refractivity contribution in [1.29, 1.82) is 0 Å². The first-order chi connectivity index (χ1) is 14.7. The van der Waals surface area contributed by atoms with Gasteiger partial charge in [-0.3, -0.25) is 4.79 Å². The summed E-state index contributed by atoms with van der Waals surface area (Å²) in [5.41, 5.74) is 4.96. The SMILES string of the molecule is C#CC[C@@]12CCC[C@H]1[C@@H]1CCC3CC(=O)CCC3=C1[C@@H](c1ccc3c(c1)OCO3)C2. The summed E-state index contributed by atoms with van der Waals surface area (Å²) >= 11 is 0. The Hall–Kier alpha value is -2.21. The molecule has 3 saturated carbocycles. The number of ether oxygens (including phenoxy) is 2. The fraction of sp³-hybridized carbons (Fsp3) is 0.593. The van der Waals surface area contributed by atoms with E-state index in [0.717, 1.165) is 49.5 Å². The number of benzene rings is 1. The minimum atomic E-state index is 0.280. The Kier molecular flexibility index (Phi) is 4.27. The van der Waals surface area contributed by atoms with E-state index < -0.39 is 0 Å². The van der Waals surface area contributed by atoms with Crippen molar-refractivity contribution in [3.05, 3.63) is 34.9 Å². The molecule has 156 valence electrons. The van der Waals surface area contributed by atoms with Crippen LogP contribution in [0.1, 0.15) is 75.7 Å². The van der Waals surface area contributed by atoms with Crippen LogP contribution in [0.2, 0.25) is 0 Å². The maximum Gasteiger partial charge on any atom is 0.231 e. The zero-order chi connectivity index (χ0) is 20.3. The molecule has 5 atom stereocenters. The van der Waals surface area contributed by atoms with Crippen molar-refractivity contribution in [3.63, 3.8) is 0 Å². The summed E-state index contributed by atoms with van der Waals surface area (Å²) in [6.45, 7) is 0.313. The summed E-state index contributed by atoms with van der Waals surface area (Å²) < 4.78 is 11.3. The number of rotatable bonds is 2. The fourth-order valence-corrected chi connectivity index (χ4v) is 7.79. The second-order valence-electron chi connectivity index (χ2n) is 10.2. The molecule has 1 heterocycles. The smallest absolute Gasteiger partial charge is 0.231 e. The average molecular weight is 403 g/mol. The fourth-order valence-electron chi connectivity index (χ4n) is 7.79. The molecule has 0 bridgehead atoms. The van der Waals surface area contributed by atoms with E-state index in [0.29, 0.717) is 30.3 Å². The number of carbonyl (C=O) groups excluding carboxylic acids is 1. The summed E-state index contributed by atoms with van der Waals surface area (Å²) in [4.78, 5) is 12.2. The van der Waals surface area contributed by atoms with Crippen molar-refractivity contribution in [2.24, 2.45) is 23.2 Å². The number of fused-ring (bicyclic) bond motifs is 5. The van der Waals surface area contributed by atoms with Gasteiger partial charge >= 0.3 is 0 Å². The van der Waals surface area contributed by atoms with Crippen LogP contribution in [0.25, 0.3) is 0 Å². The molecule has 3 heteroatoms. The molecule has 0 N–H and O–H groups in total. The van der Waals surface area contributed by atoms with E-state index in [1.54, 1.807) is 11.1 Å². The molecule has 4 aliphatic carbocycles. The first-order valence-corrected chi connectivity index (χ1v) is 11.8. The lowest BCUT2D eigenvalue weighted by molar-refractivity contribution is -0.120. The Morgan fingerprint density at radius 2 is 2.03 bits per heavy atom. The van der Waals surface area contributed by atoms with Crippen LogP contribution in [-0.2, 0) is 4.79 Å². The van der Waals surface area contributed by atoms with Gasteiger partial charge in [0.15, 0.2) is 11.5 Å². The first kappa shape index (κ1) is 18.6. The zero-order valence-electron chi connectivity index (χ0n) is 17.6. The molecule has 0 aromatic heterocycles. The van der Waals surface area contributed by atoms with Gasteiger partial charge in [-0.25, -0.2) is 0 Å². The van der Waals surface area contributed by atoms with Crippen LogP contribution in [0.15, 0.2) is 29.3 Å². The monoisotopic (exact) mass is 402 g/mol. The van der Waals surface area contributed by atoms with Gasteiger partial charge in [0.1, 0.15) is 5.78 Å². The van der Waals surface area contributed by atoms with Crippen LogP contribution in [0, 0.1) is 35.5 Å². The summed E-state index contributed by atoms with van der Waals surface area (Å²) in [6, 6.07) is 6.55. The molecule has 1 unspecified atom stereocenters. The Balaban J connectivity index is 1.49. The number of hydrogen-bond acceptors (Lipinski definition) is 3. The molecule has 3 fully saturated rings. The predicted octanol–water partition coefficient (Wildman–Crippen LogP) is 5.79. The van der Waals surface area contributed by atoms with Crippen molar-refractivity contribution in [2.45, 2.75) is 70.1 Å². The number of carbonyl (C=O) groups is 1. The van der Waals surface area contributed by atoms with Crippen LogP contribution in [0.3, 0.4) is 0 Å². The highest BCUT2D eigenvalue weighted by atomic mass is 16.7. The number of terminal acetylenes is 1. The molecule has 0 saturated heterocycles. The van der Waals surface area contributed by atoms with Gasteiger partial charge in [-0.05, 0) is 79.4 Å². The van der Waals surface area contributed by atoms with Gasteiger partial charge in [-0.2, -0.15) is 0 Å². The molecule has 5 aliphatic rings. The van der Waals surface area contributed by atoms with Gasteiger partial charge in [0, 0.05) is 25.2 Å². The van der Waals surface area contributed by atoms with E-state index in [9.17, 15) is 4.79 Å². The van der Waals surface area contributed by atoms with Gasteiger partial charge in [0.05, 0.1) is 0 Å². The van der Waals surface area contributed by atoms with Gasteiger partial charge in [0.25, 0.3) is 0 Å². The Bertz CT molecular complexity index is 967. The van der Waals surface area contributed by atoms with Crippen molar-refractivity contribution < 1.29 is 14.3 Å². The van der Waals surface area contributed by atoms with Gasteiger partial charge in [0.2, 0.25) is 6.79 Å². The third kappa shape index (κ3) is 2.69. The highest BCUT2D eigenvalue weighted by Crippen LogP contribution is 2.65. The number of hydrogen-bond donors (Lipinski definition) is 0. The number of Topliss-reactive ketones (excluding diaryl/α,β-unsaturated/α-hetero) is 1. The normalized spacial score (nSPS) is 36.7. The molecule has 6 rings (SSSR count). The third-order valence-corrected chi connectivity index (χ3v) is 8.94. The van der Waals surface area contributed by atoms with E-state index in [4.69, 9.17) is 15.9 Å². The average Bonchev–Trinajstić information content (AvgIpc) is 3.39. The second-order valence-corrected chi connectivity index (χ2v) is 10.2. The van der Waals surface area contributed by atoms with E-state index >= 15 is 0 Å². The molecule has 3 nitrogen and oxygen atoms in total. The summed E-state index contributed by atoms with van der Waals surface area (Å²) in [6.07, 6.45) is 16.8. The van der Waals surface area contributed by atoms with Gasteiger partial charge in [-0.1, -0.05) is 23.6 Å². The van der Waals surface area contributed by atoms with Crippen LogP contribution < -0.4 is 9.47 Å². The van der Waals surface area contributed by atoms with Crippen LogP contribution in [0.5, 0.6) is 11.5 Å². The van der Waals surface area contributed by atoms with Crippen molar-refractivity contribution in [1.82, 2.24) is 0 Å². The van der Waals surface area contributed by atoms with Crippen molar-refractivity contribution in [2.75, 3.05) is 6.79 Å². The minimum Gasteiger partial charge on any atom is -0.454 e. The quantitative estimate of drug-likeness (QED) is 0.464. The third-order valence-electron chi connectivity index (χ3n) is 8.94. The minimum absolute atomic E-state index is 0.280. The molecule has 0 radical (unpaired) electrons. The lowest BCUT2D eigenvalue weighted by Crippen LogP contribution is -2.43. The first-order valence-electron chi connectivity index (χ1n) is 11.8. The molecule has 0 amide bonds. The van der Waals surface area contributed by atoms with Crippen LogP contribution >= 0.6 is 0 Å². The number of ketones is 1. The summed E-state index contributed by atoms with van der Waals surface area (Å²) in [5, 5.41) is 0. The molecule has 0 spiro atoms. The molecule has 30 heavy (non-hydrogen) atoms. The predicted molar refractivity (Wildman–Crippen MR) is 115 cm³/mol. The van der Waals surface area contributed by atoms with Crippen LogP contribution in [0.4, 0.5) is 0 Å². The highest BCUT2D eigenvalue weighted by Gasteiger charge is 2.54. The molecule has 1 aromatic carbocycles. The maximum absolute atomic E-state index is 12.2. The van der Waals surface area contributed by atoms with E-state index in [1.807, 2.05) is 0 Å². The van der Waals surface area contributed by atoms with E-state index in [1.165, 1.54) is 37.7 Å². The van der Waals surface area contributed by atoms with E-state index in [-0.39, 0.29) is 5.41 Å². The second kappa shape index (κ2) is 6.91. The molecular formula is C27H30O3. The summed E-state index contributed by atoms with van der Waals surface area (Å²) in [5.74, 6) is 7.50. The van der Waals surface area contributed by atoms with E-state index in [2.05, 4.69) is 24.1 Å². The van der Waals surface area contributed by atoms with Gasteiger partial charge < -0.3 is 9.47 Å². The Morgan fingerprint density at radius 1 is 1.13 bits per heavy atom. The molecular weight excluding hydrogens is 372 g/mol. The lowest BCUT2D eigenvalue weighted by atomic mass is 9.51. The van der Waals surface area contributed by atoms with Crippen molar-refractivity contribution >= 4 is 5.78 Å². The maximum atomic E-state index is 12.2. The van der Waals surface area contributed by atoms with Crippen LogP contribution in [-0.4, -0.2) is 12.6 Å². The standard InChI is InChI=1S/C27H30O3/c1-2-11-27-12-3-4-23(27)21-8-5-17-13-19(28)7-9-20(17)26(21)22(15-27)18-6-10-24-25(14-18)30-16-29-24/h1,6,10,14,17,21-23H,3-5,7-9,11-13,15-16H2/t17?,21-,22+,23-,27-/m0/s1. The molecule has 1 aromatic rings. The topological polar surface area (TPSA) is 35.5 Å². The van der Waals surface area contributed by atoms with Gasteiger partial charge in [-0.15, -0.1) is 12.3 Å². The highest BCUT2D eigenvalue weighted by molar-refractivity contribution is 5.80. The Morgan fingerprint density at radius 3 is 2.93 bits per heavy atom. The number of allylic oxidation sites excluding steroid dienone is 2. The summed E-state index contributed by atoms with van der Waals surface area (Å²) in [7, 11) is 0. The van der Waals surface area contributed by atoms with Crippen molar-refractivity contribution in [3.8, 4) is 23.8 Å². The zero-order valence-corrected chi connectivity index (χ0v) is 17.6. The Labute approximate surface area is 179 Å². The largest absolute Gasteiger partial charge is 0.454 e. The molecule has 1 aliphatic heterocycles. The lowest BCUT2D eigenvalue weighted by Gasteiger charge is -2.53.